The average Bonchev–Trinajstić information content (AvgIpc) is 2.31. The molecule has 1 aromatic carbocycles. The molecule has 5 heteroatoms. The Morgan fingerprint density at radius 1 is 1.41 bits per heavy atom. The fraction of sp³-hybridized carbons (Fsp3) is 0.417. The summed E-state index contributed by atoms with van der Waals surface area (Å²) >= 11 is 0. The van der Waals surface area contributed by atoms with E-state index < -0.39 is 0 Å². The summed E-state index contributed by atoms with van der Waals surface area (Å²) in [7, 11) is 0. The monoisotopic (exact) mass is 237 g/mol. The minimum Gasteiger partial charge on any atom is -0.508 e. The smallest absolute Gasteiger partial charge is 0.315 e. The molecule has 94 valence electrons. The van der Waals surface area contributed by atoms with Gasteiger partial charge in [-0.2, -0.15) is 0 Å². The van der Waals surface area contributed by atoms with E-state index in [1.165, 1.54) is 6.07 Å². The molecule has 1 rings (SSSR count). The van der Waals surface area contributed by atoms with E-state index >= 15 is 0 Å². The maximum Gasteiger partial charge on any atom is 0.315 e. The Morgan fingerprint density at radius 2 is 2.18 bits per heavy atom. The van der Waals surface area contributed by atoms with Gasteiger partial charge in [-0.05, 0) is 24.6 Å². The highest BCUT2D eigenvalue weighted by atomic mass is 16.3. The van der Waals surface area contributed by atoms with Gasteiger partial charge >= 0.3 is 6.03 Å². The van der Waals surface area contributed by atoms with Crippen LogP contribution in [-0.4, -0.2) is 17.7 Å². The number of nitrogens with two attached hydrogens (primary N) is 1. The van der Waals surface area contributed by atoms with Gasteiger partial charge in [0.15, 0.2) is 0 Å². The number of benzene rings is 1. The fourth-order valence-electron chi connectivity index (χ4n) is 1.36. The van der Waals surface area contributed by atoms with Crippen LogP contribution in [0.25, 0.3) is 0 Å². The zero-order valence-electron chi connectivity index (χ0n) is 9.99. The van der Waals surface area contributed by atoms with E-state index in [0.29, 0.717) is 17.8 Å². The van der Waals surface area contributed by atoms with E-state index in [-0.39, 0.29) is 18.3 Å². The van der Waals surface area contributed by atoms with Crippen LogP contribution in [-0.2, 0) is 6.54 Å². The molecule has 1 aromatic rings. The van der Waals surface area contributed by atoms with Gasteiger partial charge < -0.3 is 21.5 Å². The van der Waals surface area contributed by atoms with E-state index in [1.54, 1.807) is 12.1 Å². The highest BCUT2D eigenvalue weighted by Gasteiger charge is 2.04. The third kappa shape index (κ3) is 4.63. The molecule has 5 nitrogen and oxygen atoms in total. The average molecular weight is 237 g/mol. The number of amides is 2. The van der Waals surface area contributed by atoms with Crippen LogP contribution in [0, 0.1) is 0 Å². The summed E-state index contributed by atoms with van der Waals surface area (Å²) in [5.74, 6) is 0.132. The number of carbonyl (C=O) groups is 1. The molecule has 0 aliphatic carbocycles. The van der Waals surface area contributed by atoms with E-state index in [0.717, 1.165) is 12.8 Å². The molecule has 0 aliphatic heterocycles. The second-order valence-electron chi connectivity index (χ2n) is 3.85. The Balaban J connectivity index is 2.39. The summed E-state index contributed by atoms with van der Waals surface area (Å²) in [6.45, 7) is 2.98. The van der Waals surface area contributed by atoms with Crippen LogP contribution < -0.4 is 16.4 Å². The summed E-state index contributed by atoms with van der Waals surface area (Å²) in [5.41, 5.74) is 6.76. The molecule has 0 fully saturated rings. The molecule has 2 amide bonds. The van der Waals surface area contributed by atoms with Crippen molar-refractivity contribution in [2.45, 2.75) is 26.3 Å². The number of aromatic hydroxyl groups is 1. The van der Waals surface area contributed by atoms with Crippen molar-refractivity contribution in [1.29, 1.82) is 0 Å². The lowest BCUT2D eigenvalue weighted by atomic mass is 10.2. The third-order valence-electron chi connectivity index (χ3n) is 2.36. The van der Waals surface area contributed by atoms with Gasteiger partial charge in [0.1, 0.15) is 5.75 Å². The fourth-order valence-corrected chi connectivity index (χ4v) is 1.36. The van der Waals surface area contributed by atoms with Crippen molar-refractivity contribution < 1.29 is 9.90 Å². The van der Waals surface area contributed by atoms with Crippen molar-refractivity contribution in [2.75, 3.05) is 12.3 Å². The second-order valence-corrected chi connectivity index (χ2v) is 3.85. The van der Waals surface area contributed by atoms with Crippen molar-refractivity contribution >= 4 is 11.7 Å². The number of hydrogen-bond donors (Lipinski definition) is 4. The molecule has 0 unspecified atom stereocenters. The quantitative estimate of drug-likeness (QED) is 0.356. The van der Waals surface area contributed by atoms with Gasteiger partial charge in [-0.3, -0.25) is 0 Å². The molecule has 17 heavy (non-hydrogen) atoms. The first kappa shape index (κ1) is 13.2. The third-order valence-corrected chi connectivity index (χ3v) is 2.36. The largest absolute Gasteiger partial charge is 0.508 e. The molecular weight excluding hydrogens is 218 g/mol. The number of carbonyl (C=O) groups excluding carboxylic acids is 1. The number of nitrogen functional groups attached to an aromatic ring is 1. The summed E-state index contributed by atoms with van der Waals surface area (Å²) < 4.78 is 0. The van der Waals surface area contributed by atoms with E-state index in [4.69, 9.17) is 5.73 Å². The van der Waals surface area contributed by atoms with Crippen LogP contribution in [0.5, 0.6) is 5.75 Å². The zero-order chi connectivity index (χ0) is 12.7. The number of hydrogen-bond acceptors (Lipinski definition) is 3. The number of phenolic OH excluding ortho intramolecular Hbond substituents is 1. The Hall–Kier alpha value is -1.91. The van der Waals surface area contributed by atoms with Crippen LogP contribution >= 0.6 is 0 Å². The standard InChI is InChI=1S/C12H19N3O2/c1-2-3-6-14-12(17)15-8-9-7-10(13)4-5-11(9)16/h4-5,7,16H,2-3,6,8,13H2,1H3,(H2,14,15,17). The lowest BCUT2D eigenvalue weighted by Crippen LogP contribution is -2.35. The van der Waals surface area contributed by atoms with Crippen molar-refractivity contribution in [3.63, 3.8) is 0 Å². The first-order chi connectivity index (χ1) is 8.13. The number of rotatable bonds is 5. The molecular formula is C12H19N3O2. The second kappa shape index (κ2) is 6.62. The lowest BCUT2D eigenvalue weighted by molar-refractivity contribution is 0.240. The minimum absolute atomic E-state index is 0.132. The molecule has 0 saturated heterocycles. The van der Waals surface area contributed by atoms with Crippen molar-refractivity contribution in [1.82, 2.24) is 10.6 Å². The number of anilines is 1. The Labute approximate surface area is 101 Å². The predicted molar refractivity (Wildman–Crippen MR) is 67.7 cm³/mol. The van der Waals surface area contributed by atoms with Gasteiger partial charge in [-0.15, -0.1) is 0 Å². The molecule has 5 N–H and O–H groups in total. The zero-order valence-corrected chi connectivity index (χ0v) is 9.99. The Kier molecular flexibility index (Phi) is 5.13. The number of nitrogens with one attached hydrogen (secondary N) is 2. The van der Waals surface area contributed by atoms with E-state index in [9.17, 15) is 9.90 Å². The molecule has 0 atom stereocenters. The molecule has 0 heterocycles. The Bertz CT molecular complexity index is 380. The molecule has 0 aromatic heterocycles. The first-order valence-electron chi connectivity index (χ1n) is 5.72. The first-order valence-corrected chi connectivity index (χ1v) is 5.72. The summed E-state index contributed by atoms with van der Waals surface area (Å²) in [6.07, 6.45) is 1.99. The van der Waals surface area contributed by atoms with Gasteiger partial charge in [0.25, 0.3) is 0 Å². The lowest BCUT2D eigenvalue weighted by Gasteiger charge is -2.09. The maximum atomic E-state index is 11.4. The van der Waals surface area contributed by atoms with Crippen LogP contribution in [0.2, 0.25) is 0 Å². The van der Waals surface area contributed by atoms with Crippen LogP contribution in [0.15, 0.2) is 18.2 Å². The van der Waals surface area contributed by atoms with Crippen molar-refractivity contribution in [3.05, 3.63) is 23.8 Å². The Morgan fingerprint density at radius 3 is 2.88 bits per heavy atom. The van der Waals surface area contributed by atoms with Crippen molar-refractivity contribution in [3.8, 4) is 5.75 Å². The van der Waals surface area contributed by atoms with E-state index in [1.807, 2.05) is 0 Å². The molecule has 0 saturated carbocycles. The number of urea groups is 1. The minimum atomic E-state index is -0.236. The highest BCUT2D eigenvalue weighted by Crippen LogP contribution is 2.19. The molecule has 0 radical (unpaired) electrons. The van der Waals surface area contributed by atoms with Gasteiger partial charge in [0.2, 0.25) is 0 Å². The van der Waals surface area contributed by atoms with Crippen LogP contribution in [0.1, 0.15) is 25.3 Å². The molecule has 0 bridgehead atoms. The summed E-state index contributed by atoms with van der Waals surface area (Å²) in [5, 5.41) is 14.9. The summed E-state index contributed by atoms with van der Waals surface area (Å²) in [4.78, 5) is 11.4. The molecule has 0 spiro atoms. The predicted octanol–water partition coefficient (Wildman–Crippen LogP) is 1.57. The van der Waals surface area contributed by atoms with Crippen molar-refractivity contribution in [2.24, 2.45) is 0 Å². The topological polar surface area (TPSA) is 87.4 Å². The highest BCUT2D eigenvalue weighted by molar-refractivity contribution is 5.73. The normalized spacial score (nSPS) is 9.94. The number of unbranched alkanes of at least 4 members (excludes halogenated alkanes) is 1. The van der Waals surface area contributed by atoms with Gasteiger partial charge in [0.05, 0.1) is 0 Å². The maximum absolute atomic E-state index is 11.4. The van der Waals surface area contributed by atoms with Gasteiger partial charge in [-0.1, -0.05) is 13.3 Å². The molecule has 0 aliphatic rings. The van der Waals surface area contributed by atoms with E-state index in [2.05, 4.69) is 17.6 Å². The SMILES string of the molecule is CCCCNC(=O)NCc1cc(N)ccc1O. The van der Waals surface area contributed by atoms with Gasteiger partial charge in [-0.25, -0.2) is 4.79 Å². The van der Waals surface area contributed by atoms with Crippen LogP contribution in [0.3, 0.4) is 0 Å². The number of phenols is 1. The van der Waals surface area contributed by atoms with Gasteiger partial charge in [0, 0.05) is 24.3 Å². The van der Waals surface area contributed by atoms with Crippen LogP contribution in [0.4, 0.5) is 10.5 Å². The summed E-state index contributed by atoms with van der Waals surface area (Å²) in [6, 6.07) is 4.53.